The second-order valence-electron chi connectivity index (χ2n) is 1.81. The number of halogens is 1. The van der Waals surface area contributed by atoms with E-state index in [9.17, 15) is 5.11 Å². The van der Waals surface area contributed by atoms with Gasteiger partial charge in [0.1, 0.15) is 3.61 Å². The van der Waals surface area contributed by atoms with Gasteiger partial charge in [0.15, 0.2) is 0 Å². The first-order chi connectivity index (χ1) is 3.71. The Balaban J connectivity index is 2.65. The lowest BCUT2D eigenvalue weighted by Crippen LogP contribution is -2.15. The van der Waals surface area contributed by atoms with Crippen LogP contribution in [0.15, 0.2) is 24.3 Å². The lowest BCUT2D eigenvalue weighted by atomic mass is 10.1. The molecule has 44 valence electrons. The van der Waals surface area contributed by atoms with E-state index in [2.05, 4.69) is 0 Å². The summed E-state index contributed by atoms with van der Waals surface area (Å²) in [5, 5.41) is 9.22. The summed E-state index contributed by atoms with van der Waals surface area (Å²) in [7, 11) is 0. The van der Waals surface area contributed by atoms with Crippen molar-refractivity contribution in [3.63, 3.8) is 0 Å². The third-order valence-corrected chi connectivity index (χ3v) is 1.80. The van der Waals surface area contributed by atoms with Gasteiger partial charge in [-0.15, -0.1) is 0 Å². The number of rotatable bonds is 0. The van der Waals surface area contributed by atoms with Gasteiger partial charge in [-0.25, -0.2) is 0 Å². The van der Waals surface area contributed by atoms with Gasteiger partial charge in [-0.3, -0.25) is 0 Å². The van der Waals surface area contributed by atoms with Crippen molar-refractivity contribution in [3.8, 4) is 0 Å². The van der Waals surface area contributed by atoms with Crippen LogP contribution in [-0.4, -0.2) is 8.71 Å². The van der Waals surface area contributed by atoms with Gasteiger partial charge in [0.05, 0.1) is 0 Å². The largest absolute Gasteiger partial charge is 0.376 e. The zero-order valence-electron chi connectivity index (χ0n) is 4.34. The molecular weight excluding hydrogens is 215 g/mol. The van der Waals surface area contributed by atoms with E-state index in [-0.39, 0.29) is 0 Å². The monoisotopic (exact) mass is 222 g/mol. The number of aliphatic hydroxyl groups is 1. The topological polar surface area (TPSA) is 20.2 Å². The van der Waals surface area contributed by atoms with E-state index in [0.29, 0.717) is 0 Å². The van der Waals surface area contributed by atoms with Crippen LogP contribution in [0.1, 0.15) is 6.42 Å². The standard InChI is InChI=1S/C6H7IO/c7-6(8)4-2-1-3-5-6/h1-4,8H,5H2. The molecule has 1 atom stereocenters. The molecule has 1 nitrogen and oxygen atoms in total. The maximum absolute atomic E-state index is 9.22. The second kappa shape index (κ2) is 2.19. The molecule has 1 N–H and O–H groups in total. The first kappa shape index (κ1) is 6.29. The molecule has 0 heterocycles. The SMILES string of the molecule is OC1(I)C=CC=CC1. The number of allylic oxidation sites excluding steroid dienone is 2. The smallest absolute Gasteiger partial charge is 0.137 e. The molecule has 0 saturated heterocycles. The predicted octanol–water partition coefficient (Wildman–Crippen LogP) is 1.63. The van der Waals surface area contributed by atoms with Crippen LogP contribution in [0, 0.1) is 0 Å². The lowest BCUT2D eigenvalue weighted by molar-refractivity contribution is 0.208. The van der Waals surface area contributed by atoms with E-state index in [1.807, 2.05) is 40.8 Å². The van der Waals surface area contributed by atoms with Gasteiger partial charge < -0.3 is 5.11 Å². The summed E-state index contributed by atoms with van der Waals surface area (Å²) in [4.78, 5) is 0. The third-order valence-electron chi connectivity index (χ3n) is 1.00. The summed E-state index contributed by atoms with van der Waals surface area (Å²) >= 11 is 2.01. The van der Waals surface area contributed by atoms with E-state index < -0.39 is 3.61 Å². The van der Waals surface area contributed by atoms with E-state index in [4.69, 9.17) is 0 Å². The average Bonchev–Trinajstić information content (AvgIpc) is 1.65. The molecule has 0 saturated carbocycles. The zero-order valence-corrected chi connectivity index (χ0v) is 6.50. The van der Waals surface area contributed by atoms with Gasteiger partial charge in [-0.05, 0) is 28.7 Å². The molecule has 1 unspecified atom stereocenters. The molecule has 0 radical (unpaired) electrons. The van der Waals surface area contributed by atoms with Crippen LogP contribution in [-0.2, 0) is 0 Å². The minimum Gasteiger partial charge on any atom is -0.376 e. The molecule has 0 amide bonds. The van der Waals surface area contributed by atoms with Crippen LogP contribution in [0.5, 0.6) is 0 Å². The first-order valence-corrected chi connectivity index (χ1v) is 3.54. The van der Waals surface area contributed by atoms with Crippen molar-refractivity contribution in [2.45, 2.75) is 10.0 Å². The highest BCUT2D eigenvalue weighted by atomic mass is 127. The number of hydrogen-bond acceptors (Lipinski definition) is 1. The van der Waals surface area contributed by atoms with Crippen LogP contribution < -0.4 is 0 Å². The summed E-state index contributed by atoms with van der Waals surface area (Å²) in [6, 6.07) is 0. The molecule has 1 aliphatic rings. The quantitative estimate of drug-likeness (QED) is 0.487. The highest BCUT2D eigenvalue weighted by Gasteiger charge is 2.16. The van der Waals surface area contributed by atoms with Crippen LogP contribution >= 0.6 is 22.6 Å². The Labute approximate surface area is 62.2 Å². The van der Waals surface area contributed by atoms with Crippen molar-refractivity contribution >= 4 is 22.6 Å². The maximum Gasteiger partial charge on any atom is 0.137 e. The lowest BCUT2D eigenvalue weighted by Gasteiger charge is -2.15. The van der Waals surface area contributed by atoms with E-state index in [0.717, 1.165) is 6.42 Å². The van der Waals surface area contributed by atoms with Crippen LogP contribution in [0.2, 0.25) is 0 Å². The fourth-order valence-corrected chi connectivity index (χ4v) is 1.04. The summed E-state index contributed by atoms with van der Waals surface area (Å²) in [6.07, 6.45) is 8.26. The molecular formula is C6H7IO. The van der Waals surface area contributed by atoms with E-state index in [1.165, 1.54) is 0 Å². The van der Waals surface area contributed by atoms with Crippen LogP contribution in [0.4, 0.5) is 0 Å². The second-order valence-corrected chi connectivity index (χ2v) is 3.68. The average molecular weight is 222 g/mol. The fraction of sp³-hybridized carbons (Fsp3) is 0.333. The molecule has 1 aliphatic carbocycles. The van der Waals surface area contributed by atoms with Crippen LogP contribution in [0.3, 0.4) is 0 Å². The van der Waals surface area contributed by atoms with Crippen molar-refractivity contribution in [2.75, 3.05) is 0 Å². The molecule has 0 aliphatic heterocycles. The zero-order chi connectivity index (χ0) is 6.04. The molecule has 2 heteroatoms. The molecule has 0 bridgehead atoms. The third kappa shape index (κ3) is 1.59. The van der Waals surface area contributed by atoms with E-state index >= 15 is 0 Å². The molecule has 1 rings (SSSR count). The Kier molecular flexibility index (Phi) is 1.72. The molecule has 0 aromatic heterocycles. The highest BCUT2D eigenvalue weighted by Crippen LogP contribution is 2.24. The first-order valence-electron chi connectivity index (χ1n) is 2.46. The summed E-state index contributed by atoms with van der Waals surface area (Å²) in [5.41, 5.74) is 0. The number of alkyl halides is 1. The Morgan fingerprint density at radius 2 is 2.25 bits per heavy atom. The molecule has 0 spiro atoms. The highest BCUT2D eigenvalue weighted by molar-refractivity contribution is 14.1. The Morgan fingerprint density at radius 1 is 1.50 bits per heavy atom. The molecule has 0 fully saturated rings. The summed E-state index contributed by atoms with van der Waals surface area (Å²) < 4.78 is -0.619. The van der Waals surface area contributed by atoms with Gasteiger partial charge in [-0.2, -0.15) is 0 Å². The summed E-state index contributed by atoms with van der Waals surface area (Å²) in [5.74, 6) is 0. The van der Waals surface area contributed by atoms with Gasteiger partial charge in [0.25, 0.3) is 0 Å². The van der Waals surface area contributed by atoms with Crippen molar-refractivity contribution in [3.05, 3.63) is 24.3 Å². The maximum atomic E-state index is 9.22. The van der Waals surface area contributed by atoms with Crippen molar-refractivity contribution in [1.29, 1.82) is 0 Å². The minimum atomic E-state index is -0.619. The fourth-order valence-electron chi connectivity index (χ4n) is 0.583. The van der Waals surface area contributed by atoms with Crippen molar-refractivity contribution in [1.82, 2.24) is 0 Å². The van der Waals surface area contributed by atoms with Crippen molar-refractivity contribution in [2.24, 2.45) is 0 Å². The summed E-state index contributed by atoms with van der Waals surface area (Å²) in [6.45, 7) is 0. The molecule has 0 aromatic rings. The van der Waals surface area contributed by atoms with E-state index in [1.54, 1.807) is 6.08 Å². The normalized spacial score (nSPS) is 35.8. The number of hydrogen-bond donors (Lipinski definition) is 1. The van der Waals surface area contributed by atoms with Gasteiger partial charge >= 0.3 is 0 Å². The van der Waals surface area contributed by atoms with Crippen LogP contribution in [0.25, 0.3) is 0 Å². The van der Waals surface area contributed by atoms with Gasteiger partial charge in [0, 0.05) is 6.42 Å². The Hall–Kier alpha value is 0.170. The van der Waals surface area contributed by atoms with Gasteiger partial charge in [-0.1, -0.05) is 18.2 Å². The molecule has 0 aromatic carbocycles. The molecule has 8 heavy (non-hydrogen) atoms. The minimum absolute atomic E-state index is 0.619. The predicted molar refractivity (Wildman–Crippen MR) is 41.9 cm³/mol. The van der Waals surface area contributed by atoms with Crippen molar-refractivity contribution < 1.29 is 5.11 Å². The Bertz CT molecular complexity index is 135. The van der Waals surface area contributed by atoms with Gasteiger partial charge in [0.2, 0.25) is 0 Å². The Morgan fingerprint density at radius 3 is 2.50 bits per heavy atom.